The molecule has 0 aliphatic rings. The summed E-state index contributed by atoms with van der Waals surface area (Å²) >= 11 is 3.24. The van der Waals surface area contributed by atoms with Gasteiger partial charge in [-0.3, -0.25) is 4.98 Å². The fourth-order valence-electron chi connectivity index (χ4n) is 1.68. The van der Waals surface area contributed by atoms with Crippen molar-refractivity contribution in [1.29, 1.82) is 0 Å². The summed E-state index contributed by atoms with van der Waals surface area (Å²) in [6.45, 7) is 2.53. The highest BCUT2D eigenvalue weighted by Crippen LogP contribution is 2.16. The van der Waals surface area contributed by atoms with Gasteiger partial charge in [0.1, 0.15) is 5.82 Å². The molecule has 1 N–H and O–H groups in total. The van der Waals surface area contributed by atoms with E-state index in [0.29, 0.717) is 12.1 Å². The molecule has 1 atom stereocenters. The lowest BCUT2D eigenvalue weighted by molar-refractivity contribution is 0.543. The molecule has 1 aromatic heterocycles. The number of hydrogen-bond donors (Lipinski definition) is 1. The molecular formula is C14H14BrFN2. The Labute approximate surface area is 114 Å². The van der Waals surface area contributed by atoms with Crippen molar-refractivity contribution >= 4 is 15.9 Å². The summed E-state index contributed by atoms with van der Waals surface area (Å²) in [5.74, 6) is -0.199. The minimum atomic E-state index is -0.199. The van der Waals surface area contributed by atoms with Crippen molar-refractivity contribution in [3.63, 3.8) is 0 Å². The molecule has 0 saturated carbocycles. The second-order valence-electron chi connectivity index (χ2n) is 4.12. The van der Waals surface area contributed by atoms with Crippen LogP contribution in [0.3, 0.4) is 0 Å². The zero-order valence-corrected chi connectivity index (χ0v) is 11.6. The SMILES string of the molecule is C[C@H](NCc1ccc(Br)cc1F)c1cccnc1. The zero-order valence-electron chi connectivity index (χ0n) is 10.0. The van der Waals surface area contributed by atoms with Gasteiger partial charge in [-0.1, -0.05) is 28.1 Å². The molecule has 0 spiro atoms. The topological polar surface area (TPSA) is 24.9 Å². The third-order valence-electron chi connectivity index (χ3n) is 2.80. The molecule has 0 saturated heterocycles. The van der Waals surface area contributed by atoms with E-state index in [1.165, 1.54) is 6.07 Å². The number of nitrogens with zero attached hydrogens (tertiary/aromatic N) is 1. The van der Waals surface area contributed by atoms with E-state index < -0.39 is 0 Å². The van der Waals surface area contributed by atoms with E-state index >= 15 is 0 Å². The molecule has 18 heavy (non-hydrogen) atoms. The predicted molar refractivity (Wildman–Crippen MR) is 73.6 cm³/mol. The molecule has 0 fully saturated rings. The molecular weight excluding hydrogens is 295 g/mol. The Balaban J connectivity index is 1.99. The first kappa shape index (κ1) is 13.2. The highest BCUT2D eigenvalue weighted by atomic mass is 79.9. The Kier molecular flexibility index (Phi) is 4.44. The van der Waals surface area contributed by atoms with Crippen molar-refractivity contribution in [3.05, 3.63) is 64.1 Å². The summed E-state index contributed by atoms with van der Waals surface area (Å²) < 4.78 is 14.4. The maximum Gasteiger partial charge on any atom is 0.128 e. The van der Waals surface area contributed by atoms with Gasteiger partial charge in [-0.2, -0.15) is 0 Å². The summed E-state index contributed by atoms with van der Waals surface area (Å²) in [5, 5.41) is 3.28. The van der Waals surface area contributed by atoms with Gasteiger partial charge in [0.05, 0.1) is 0 Å². The van der Waals surface area contributed by atoms with Gasteiger partial charge in [-0.25, -0.2) is 4.39 Å². The standard InChI is InChI=1S/C14H14BrFN2/c1-10(11-3-2-6-17-8-11)18-9-12-4-5-13(15)7-14(12)16/h2-8,10,18H,9H2,1H3/t10-/m0/s1. The smallest absolute Gasteiger partial charge is 0.128 e. The maximum absolute atomic E-state index is 13.6. The van der Waals surface area contributed by atoms with Crippen LogP contribution in [0.15, 0.2) is 47.2 Å². The van der Waals surface area contributed by atoms with Crippen LogP contribution in [0.1, 0.15) is 24.1 Å². The number of benzene rings is 1. The highest BCUT2D eigenvalue weighted by Gasteiger charge is 2.07. The van der Waals surface area contributed by atoms with Gasteiger partial charge in [0, 0.05) is 35.0 Å². The summed E-state index contributed by atoms with van der Waals surface area (Å²) in [7, 11) is 0. The lowest BCUT2D eigenvalue weighted by atomic mass is 10.1. The number of pyridine rings is 1. The lowest BCUT2D eigenvalue weighted by Gasteiger charge is -2.14. The highest BCUT2D eigenvalue weighted by molar-refractivity contribution is 9.10. The normalized spacial score (nSPS) is 12.4. The molecule has 0 amide bonds. The third-order valence-corrected chi connectivity index (χ3v) is 3.29. The molecule has 1 aromatic carbocycles. The monoisotopic (exact) mass is 308 g/mol. The van der Waals surface area contributed by atoms with Crippen LogP contribution < -0.4 is 5.32 Å². The Hall–Kier alpha value is -1.26. The second-order valence-corrected chi connectivity index (χ2v) is 5.04. The summed E-state index contributed by atoms with van der Waals surface area (Å²) in [5.41, 5.74) is 1.75. The number of halogens is 2. The maximum atomic E-state index is 13.6. The molecule has 4 heteroatoms. The predicted octanol–water partition coefficient (Wildman–Crippen LogP) is 3.83. The van der Waals surface area contributed by atoms with Crippen molar-refractivity contribution in [1.82, 2.24) is 10.3 Å². The van der Waals surface area contributed by atoms with E-state index in [1.807, 2.05) is 31.3 Å². The van der Waals surface area contributed by atoms with Gasteiger partial charge in [0.2, 0.25) is 0 Å². The molecule has 0 bridgehead atoms. The Bertz CT molecular complexity index is 516. The molecule has 94 valence electrons. The van der Waals surface area contributed by atoms with Crippen LogP contribution in [0.25, 0.3) is 0 Å². The van der Waals surface area contributed by atoms with Crippen molar-refractivity contribution in [2.75, 3.05) is 0 Å². The summed E-state index contributed by atoms with van der Waals surface area (Å²) in [6.07, 6.45) is 3.56. The van der Waals surface area contributed by atoms with E-state index in [2.05, 4.69) is 26.2 Å². The molecule has 0 aliphatic heterocycles. The third kappa shape index (κ3) is 3.37. The summed E-state index contributed by atoms with van der Waals surface area (Å²) in [4.78, 5) is 4.07. The first-order chi connectivity index (χ1) is 8.66. The molecule has 2 aromatic rings. The Morgan fingerprint density at radius 1 is 1.39 bits per heavy atom. The summed E-state index contributed by atoms with van der Waals surface area (Å²) in [6, 6.07) is 9.14. The van der Waals surface area contributed by atoms with E-state index in [0.717, 1.165) is 10.0 Å². The minimum Gasteiger partial charge on any atom is -0.306 e. The quantitative estimate of drug-likeness (QED) is 0.928. The lowest BCUT2D eigenvalue weighted by Crippen LogP contribution is -2.18. The van der Waals surface area contributed by atoms with E-state index in [-0.39, 0.29) is 11.9 Å². The first-order valence-corrected chi connectivity index (χ1v) is 6.53. The van der Waals surface area contributed by atoms with Crippen LogP contribution in [0.2, 0.25) is 0 Å². The van der Waals surface area contributed by atoms with Crippen LogP contribution in [0.5, 0.6) is 0 Å². The van der Waals surface area contributed by atoms with Gasteiger partial charge in [0.15, 0.2) is 0 Å². The zero-order chi connectivity index (χ0) is 13.0. The average Bonchev–Trinajstić information content (AvgIpc) is 2.38. The van der Waals surface area contributed by atoms with Crippen LogP contribution in [-0.4, -0.2) is 4.98 Å². The van der Waals surface area contributed by atoms with Crippen LogP contribution >= 0.6 is 15.9 Å². The van der Waals surface area contributed by atoms with Crippen LogP contribution in [0.4, 0.5) is 4.39 Å². The molecule has 0 aliphatic carbocycles. The molecule has 0 unspecified atom stereocenters. The van der Waals surface area contributed by atoms with Crippen molar-refractivity contribution < 1.29 is 4.39 Å². The fourth-order valence-corrected chi connectivity index (χ4v) is 2.01. The fraction of sp³-hybridized carbons (Fsp3) is 0.214. The minimum absolute atomic E-state index is 0.141. The van der Waals surface area contributed by atoms with Gasteiger partial charge in [-0.15, -0.1) is 0 Å². The second kappa shape index (κ2) is 6.07. The number of aromatic nitrogens is 1. The van der Waals surface area contributed by atoms with E-state index in [4.69, 9.17) is 0 Å². The van der Waals surface area contributed by atoms with Gasteiger partial charge >= 0.3 is 0 Å². The van der Waals surface area contributed by atoms with Crippen molar-refractivity contribution in [2.24, 2.45) is 0 Å². The molecule has 0 radical (unpaired) electrons. The molecule has 2 rings (SSSR count). The Morgan fingerprint density at radius 3 is 2.89 bits per heavy atom. The number of hydrogen-bond acceptors (Lipinski definition) is 2. The van der Waals surface area contributed by atoms with Gasteiger partial charge in [0.25, 0.3) is 0 Å². The average molecular weight is 309 g/mol. The van der Waals surface area contributed by atoms with Crippen LogP contribution in [-0.2, 0) is 6.54 Å². The number of rotatable bonds is 4. The largest absolute Gasteiger partial charge is 0.306 e. The first-order valence-electron chi connectivity index (χ1n) is 5.74. The molecule has 2 nitrogen and oxygen atoms in total. The van der Waals surface area contributed by atoms with E-state index in [9.17, 15) is 4.39 Å². The van der Waals surface area contributed by atoms with Crippen LogP contribution in [0, 0.1) is 5.82 Å². The van der Waals surface area contributed by atoms with Gasteiger partial charge in [-0.05, 0) is 30.7 Å². The van der Waals surface area contributed by atoms with Crippen molar-refractivity contribution in [3.8, 4) is 0 Å². The van der Waals surface area contributed by atoms with E-state index in [1.54, 1.807) is 12.3 Å². The molecule has 1 heterocycles. The Morgan fingerprint density at radius 2 is 2.22 bits per heavy atom. The van der Waals surface area contributed by atoms with Crippen molar-refractivity contribution in [2.45, 2.75) is 19.5 Å². The number of nitrogens with one attached hydrogen (secondary N) is 1. The van der Waals surface area contributed by atoms with Gasteiger partial charge < -0.3 is 5.32 Å².